The molecule has 0 bridgehead atoms. The molecule has 0 spiro atoms. The van der Waals surface area contributed by atoms with Crippen molar-refractivity contribution in [2.45, 2.75) is 44.0 Å². The highest BCUT2D eigenvalue weighted by Gasteiger charge is 2.26. The van der Waals surface area contributed by atoms with Crippen LogP contribution >= 0.6 is 11.8 Å². The van der Waals surface area contributed by atoms with Crippen LogP contribution in [0.2, 0.25) is 0 Å². The van der Waals surface area contributed by atoms with Crippen LogP contribution in [0, 0.1) is 5.92 Å². The standard InChI is InChI=1S/C11H20F3NS/c1-9-3-2-4-10(7-9)16-6-5-15-8-11(12,13)14/h9-10,15H,2-8H2,1H3. The van der Waals surface area contributed by atoms with E-state index in [4.69, 9.17) is 0 Å². The Labute approximate surface area is 99.6 Å². The second kappa shape index (κ2) is 6.74. The summed E-state index contributed by atoms with van der Waals surface area (Å²) in [6.45, 7) is 1.85. The summed E-state index contributed by atoms with van der Waals surface area (Å²) in [6.07, 6.45) is 0.959. The van der Waals surface area contributed by atoms with Crippen LogP contribution in [0.4, 0.5) is 13.2 Å². The fraction of sp³-hybridized carbons (Fsp3) is 1.00. The SMILES string of the molecule is CC1CCCC(SCCNCC(F)(F)F)C1. The van der Waals surface area contributed by atoms with Gasteiger partial charge in [0.15, 0.2) is 0 Å². The minimum Gasteiger partial charge on any atom is -0.308 e. The quantitative estimate of drug-likeness (QED) is 0.755. The molecule has 96 valence electrons. The molecule has 0 aromatic carbocycles. The Balaban J connectivity index is 1.98. The van der Waals surface area contributed by atoms with Gasteiger partial charge in [-0.05, 0) is 18.8 Å². The summed E-state index contributed by atoms with van der Waals surface area (Å²) >= 11 is 1.82. The zero-order valence-corrected chi connectivity index (χ0v) is 10.5. The number of hydrogen-bond acceptors (Lipinski definition) is 2. The smallest absolute Gasteiger partial charge is 0.308 e. The van der Waals surface area contributed by atoms with Crippen molar-refractivity contribution in [1.29, 1.82) is 0 Å². The van der Waals surface area contributed by atoms with Gasteiger partial charge >= 0.3 is 6.18 Å². The number of nitrogens with one attached hydrogen (secondary N) is 1. The van der Waals surface area contributed by atoms with Gasteiger partial charge in [-0.1, -0.05) is 19.8 Å². The first-order valence-corrected chi connectivity index (χ1v) is 6.91. The third-order valence-electron chi connectivity index (χ3n) is 2.85. The van der Waals surface area contributed by atoms with E-state index in [-0.39, 0.29) is 0 Å². The molecule has 0 aromatic rings. The lowest BCUT2D eigenvalue weighted by atomic mass is 9.91. The normalized spacial score (nSPS) is 27.0. The molecular formula is C11H20F3NS. The van der Waals surface area contributed by atoms with E-state index in [1.165, 1.54) is 25.7 Å². The first-order valence-electron chi connectivity index (χ1n) is 5.86. The number of hydrogen-bond donors (Lipinski definition) is 1. The van der Waals surface area contributed by atoms with E-state index in [9.17, 15) is 13.2 Å². The Morgan fingerprint density at radius 3 is 2.69 bits per heavy atom. The Kier molecular flexibility index (Phi) is 5.97. The zero-order valence-electron chi connectivity index (χ0n) is 9.65. The van der Waals surface area contributed by atoms with Gasteiger partial charge in [0.2, 0.25) is 0 Å². The molecule has 16 heavy (non-hydrogen) atoms. The van der Waals surface area contributed by atoms with Crippen molar-refractivity contribution in [2.24, 2.45) is 5.92 Å². The highest BCUT2D eigenvalue weighted by Crippen LogP contribution is 2.31. The highest BCUT2D eigenvalue weighted by molar-refractivity contribution is 7.99. The summed E-state index contributed by atoms with van der Waals surface area (Å²) in [5, 5.41) is 3.09. The molecule has 1 rings (SSSR count). The minimum atomic E-state index is -4.08. The average Bonchev–Trinajstić information content (AvgIpc) is 2.15. The maximum absolute atomic E-state index is 11.8. The summed E-state index contributed by atoms with van der Waals surface area (Å²) in [5.41, 5.74) is 0. The van der Waals surface area contributed by atoms with Crippen LogP contribution in [-0.4, -0.2) is 30.3 Å². The van der Waals surface area contributed by atoms with E-state index in [0.29, 0.717) is 11.8 Å². The lowest BCUT2D eigenvalue weighted by Gasteiger charge is -2.26. The fourth-order valence-corrected chi connectivity index (χ4v) is 3.45. The van der Waals surface area contributed by atoms with E-state index in [2.05, 4.69) is 12.2 Å². The van der Waals surface area contributed by atoms with Gasteiger partial charge in [0, 0.05) is 17.5 Å². The summed E-state index contributed by atoms with van der Waals surface area (Å²) in [5.74, 6) is 1.57. The third-order valence-corrected chi connectivity index (χ3v) is 4.19. The molecule has 0 amide bonds. The zero-order chi connectivity index (χ0) is 12.0. The minimum absolute atomic E-state index is 0.453. The molecule has 0 radical (unpaired) electrons. The molecule has 1 N–H and O–H groups in total. The molecule has 2 atom stereocenters. The molecule has 0 saturated heterocycles. The van der Waals surface area contributed by atoms with E-state index in [0.717, 1.165) is 11.7 Å². The summed E-state index contributed by atoms with van der Waals surface area (Å²) in [4.78, 5) is 0. The highest BCUT2D eigenvalue weighted by atomic mass is 32.2. The van der Waals surface area contributed by atoms with Crippen LogP contribution < -0.4 is 5.32 Å². The molecule has 1 saturated carbocycles. The maximum Gasteiger partial charge on any atom is 0.401 e. The maximum atomic E-state index is 11.8. The van der Waals surface area contributed by atoms with Crippen molar-refractivity contribution in [1.82, 2.24) is 5.32 Å². The Morgan fingerprint density at radius 1 is 1.31 bits per heavy atom. The number of rotatable bonds is 5. The predicted octanol–water partition coefficient (Wildman–Crippen LogP) is 3.45. The van der Waals surface area contributed by atoms with Gasteiger partial charge in [0.25, 0.3) is 0 Å². The van der Waals surface area contributed by atoms with Crippen molar-refractivity contribution in [3.05, 3.63) is 0 Å². The summed E-state index contributed by atoms with van der Waals surface area (Å²) in [6, 6.07) is 0. The van der Waals surface area contributed by atoms with Crippen LogP contribution in [0.25, 0.3) is 0 Å². The molecule has 1 aliphatic carbocycles. The molecular weight excluding hydrogens is 235 g/mol. The van der Waals surface area contributed by atoms with Crippen molar-refractivity contribution >= 4 is 11.8 Å². The Hall–Kier alpha value is 0.100. The van der Waals surface area contributed by atoms with Crippen LogP contribution in [0.1, 0.15) is 32.6 Å². The van der Waals surface area contributed by atoms with Crippen molar-refractivity contribution in [3.63, 3.8) is 0 Å². The van der Waals surface area contributed by atoms with Gasteiger partial charge in [-0.3, -0.25) is 0 Å². The predicted molar refractivity (Wildman–Crippen MR) is 62.8 cm³/mol. The Bertz CT molecular complexity index is 196. The molecule has 1 nitrogen and oxygen atoms in total. The molecule has 1 fully saturated rings. The van der Waals surface area contributed by atoms with Crippen LogP contribution in [0.3, 0.4) is 0 Å². The van der Waals surface area contributed by atoms with Crippen LogP contribution in [0.15, 0.2) is 0 Å². The first-order chi connectivity index (χ1) is 7.47. The van der Waals surface area contributed by atoms with Gasteiger partial charge in [-0.2, -0.15) is 24.9 Å². The van der Waals surface area contributed by atoms with Crippen LogP contribution in [0.5, 0.6) is 0 Å². The van der Waals surface area contributed by atoms with Gasteiger partial charge in [0.05, 0.1) is 6.54 Å². The van der Waals surface area contributed by atoms with Gasteiger partial charge < -0.3 is 5.32 Å². The van der Waals surface area contributed by atoms with Gasteiger partial charge in [-0.25, -0.2) is 0 Å². The topological polar surface area (TPSA) is 12.0 Å². The first kappa shape index (κ1) is 14.2. The van der Waals surface area contributed by atoms with Crippen molar-refractivity contribution in [3.8, 4) is 0 Å². The fourth-order valence-electron chi connectivity index (χ4n) is 2.06. The summed E-state index contributed by atoms with van der Waals surface area (Å²) < 4.78 is 35.5. The van der Waals surface area contributed by atoms with E-state index < -0.39 is 12.7 Å². The second-order valence-corrected chi connectivity index (χ2v) is 5.96. The van der Waals surface area contributed by atoms with E-state index in [1.54, 1.807) is 0 Å². The summed E-state index contributed by atoms with van der Waals surface area (Å²) in [7, 11) is 0. The monoisotopic (exact) mass is 255 g/mol. The molecule has 0 aromatic heterocycles. The molecule has 2 unspecified atom stereocenters. The van der Waals surface area contributed by atoms with Crippen molar-refractivity contribution in [2.75, 3.05) is 18.8 Å². The number of thioether (sulfide) groups is 1. The van der Waals surface area contributed by atoms with E-state index >= 15 is 0 Å². The lowest BCUT2D eigenvalue weighted by molar-refractivity contribution is -0.124. The average molecular weight is 255 g/mol. The third kappa shape index (κ3) is 6.63. The molecule has 0 heterocycles. The van der Waals surface area contributed by atoms with E-state index in [1.807, 2.05) is 11.8 Å². The van der Waals surface area contributed by atoms with Crippen LogP contribution in [-0.2, 0) is 0 Å². The largest absolute Gasteiger partial charge is 0.401 e. The van der Waals surface area contributed by atoms with Crippen molar-refractivity contribution < 1.29 is 13.2 Å². The molecule has 0 aliphatic heterocycles. The van der Waals surface area contributed by atoms with Gasteiger partial charge in [-0.15, -0.1) is 0 Å². The molecule has 5 heteroatoms. The number of alkyl halides is 3. The lowest BCUT2D eigenvalue weighted by Crippen LogP contribution is -2.30. The Morgan fingerprint density at radius 2 is 2.06 bits per heavy atom. The van der Waals surface area contributed by atoms with Gasteiger partial charge in [0.1, 0.15) is 0 Å². The molecule has 1 aliphatic rings. The number of halogens is 3. The second-order valence-electron chi connectivity index (χ2n) is 4.56.